The van der Waals surface area contributed by atoms with Crippen LogP contribution in [0.3, 0.4) is 0 Å². The maximum absolute atomic E-state index is 11.2. The predicted molar refractivity (Wildman–Crippen MR) is 126 cm³/mol. The molecule has 2 aromatic carbocycles. The van der Waals surface area contributed by atoms with Crippen LogP contribution in [0.4, 0.5) is 5.88 Å². The Labute approximate surface area is 192 Å². The van der Waals surface area contributed by atoms with Crippen LogP contribution in [0.25, 0.3) is 11.1 Å². The third-order valence-corrected chi connectivity index (χ3v) is 5.87. The summed E-state index contributed by atoms with van der Waals surface area (Å²) in [5.74, 6) is -0.162. The Hall–Kier alpha value is -3.21. The van der Waals surface area contributed by atoms with Crippen LogP contribution in [0, 0.1) is 0 Å². The summed E-state index contributed by atoms with van der Waals surface area (Å²) in [7, 11) is -4.25. The van der Waals surface area contributed by atoms with Crippen LogP contribution < -0.4 is 5.32 Å². The van der Waals surface area contributed by atoms with Crippen molar-refractivity contribution in [2.24, 2.45) is 4.99 Å². The van der Waals surface area contributed by atoms with Crippen molar-refractivity contribution in [3.8, 4) is 11.1 Å². The first kappa shape index (κ1) is 23.0. The number of hydrogen-bond donors (Lipinski definition) is 2. The van der Waals surface area contributed by atoms with Crippen molar-refractivity contribution in [2.75, 3.05) is 37.5 Å². The Morgan fingerprint density at radius 3 is 2.45 bits per heavy atom. The van der Waals surface area contributed by atoms with Gasteiger partial charge in [-0.25, -0.2) is 4.99 Å². The van der Waals surface area contributed by atoms with Gasteiger partial charge in [0.25, 0.3) is 10.1 Å². The minimum atomic E-state index is -4.25. The third kappa shape index (κ3) is 6.19. The van der Waals surface area contributed by atoms with Gasteiger partial charge >= 0.3 is 0 Å². The van der Waals surface area contributed by atoms with Gasteiger partial charge in [0.15, 0.2) is 5.88 Å². The van der Waals surface area contributed by atoms with E-state index in [1.807, 2.05) is 30.0 Å². The highest BCUT2D eigenvalue weighted by Crippen LogP contribution is 2.28. The van der Waals surface area contributed by atoms with E-state index in [4.69, 9.17) is 13.8 Å². The number of hydrogen-bond acceptors (Lipinski definition) is 6. The molecule has 9 nitrogen and oxygen atoms in total. The molecular formula is C23H26N4O5S. The van der Waals surface area contributed by atoms with Crippen molar-refractivity contribution in [1.29, 1.82) is 0 Å². The van der Waals surface area contributed by atoms with Gasteiger partial charge in [0.05, 0.1) is 18.9 Å². The number of aromatic nitrogens is 1. The van der Waals surface area contributed by atoms with Gasteiger partial charge in [-0.15, -0.1) is 0 Å². The molecule has 10 heteroatoms. The molecule has 0 spiro atoms. The standard InChI is InChI=1S/C23H26N4O5S/c1-17(18-7-9-20(10-8-18)19-5-3-2-4-6-19)21-15-22(32-26-21)25-23(24-16-33(28,29)30)27-11-13-31-14-12-27/h2-10,15,17H,11-14,16H2,1H3,(H,24,25)(H,28,29,30). The lowest BCUT2D eigenvalue weighted by Crippen LogP contribution is -2.44. The molecule has 174 valence electrons. The monoisotopic (exact) mass is 470 g/mol. The zero-order valence-corrected chi connectivity index (χ0v) is 19.0. The molecule has 1 aliphatic rings. The molecule has 0 aliphatic carbocycles. The highest BCUT2D eigenvalue weighted by Gasteiger charge is 2.20. The van der Waals surface area contributed by atoms with E-state index in [1.54, 1.807) is 6.07 Å². The summed E-state index contributed by atoms with van der Waals surface area (Å²) in [4.78, 5) is 5.85. The predicted octanol–water partition coefficient (Wildman–Crippen LogP) is 3.44. The summed E-state index contributed by atoms with van der Waals surface area (Å²) in [6.07, 6.45) is 0. The first-order chi connectivity index (χ1) is 15.9. The van der Waals surface area contributed by atoms with E-state index < -0.39 is 16.0 Å². The van der Waals surface area contributed by atoms with Gasteiger partial charge in [0.1, 0.15) is 0 Å². The molecule has 1 unspecified atom stereocenters. The smallest absolute Gasteiger partial charge is 0.285 e. The van der Waals surface area contributed by atoms with Crippen LogP contribution >= 0.6 is 0 Å². The van der Waals surface area contributed by atoms with E-state index in [0.29, 0.717) is 32.2 Å². The quantitative estimate of drug-likeness (QED) is 0.320. The maximum Gasteiger partial charge on any atom is 0.285 e. The molecular weight excluding hydrogens is 444 g/mol. The minimum Gasteiger partial charge on any atom is -0.378 e. The molecule has 1 aromatic heterocycles. The van der Waals surface area contributed by atoms with Crippen LogP contribution in [-0.4, -0.2) is 61.2 Å². The zero-order chi connectivity index (χ0) is 23.3. The second-order valence-corrected chi connectivity index (χ2v) is 9.16. The molecule has 1 atom stereocenters. The molecule has 1 fully saturated rings. The molecule has 0 radical (unpaired) electrons. The Morgan fingerprint density at radius 1 is 1.12 bits per heavy atom. The van der Waals surface area contributed by atoms with Gasteiger partial charge in [-0.3, -0.25) is 9.87 Å². The highest BCUT2D eigenvalue weighted by atomic mass is 32.2. The first-order valence-corrected chi connectivity index (χ1v) is 12.2. The Bertz CT molecular complexity index is 1190. The van der Waals surface area contributed by atoms with Crippen molar-refractivity contribution in [1.82, 2.24) is 10.1 Å². The number of ether oxygens (including phenoxy) is 1. The topological polar surface area (TPSA) is 117 Å². The lowest BCUT2D eigenvalue weighted by molar-refractivity contribution is 0.0679. The number of rotatable bonds is 6. The van der Waals surface area contributed by atoms with Gasteiger partial charge in [-0.05, 0) is 16.7 Å². The van der Waals surface area contributed by atoms with Crippen molar-refractivity contribution in [2.45, 2.75) is 12.8 Å². The van der Waals surface area contributed by atoms with E-state index in [2.05, 4.69) is 51.9 Å². The summed E-state index contributed by atoms with van der Waals surface area (Å²) < 4.78 is 42.2. The van der Waals surface area contributed by atoms with Gasteiger partial charge in [0, 0.05) is 25.1 Å². The largest absolute Gasteiger partial charge is 0.378 e. The van der Waals surface area contributed by atoms with Gasteiger partial charge in [0.2, 0.25) is 11.8 Å². The molecule has 1 saturated heterocycles. The third-order valence-electron chi connectivity index (χ3n) is 5.41. The average molecular weight is 471 g/mol. The summed E-state index contributed by atoms with van der Waals surface area (Å²) in [5.41, 5.74) is 4.10. The first-order valence-electron chi connectivity index (χ1n) is 10.6. The molecule has 2 heterocycles. The molecule has 0 bridgehead atoms. The summed E-state index contributed by atoms with van der Waals surface area (Å²) in [6.45, 7) is 4.08. The van der Waals surface area contributed by atoms with Crippen molar-refractivity contribution in [3.63, 3.8) is 0 Å². The SMILES string of the molecule is CC(c1ccc(-c2ccccc2)cc1)c1cc(NC(=NCS(=O)(=O)O)N2CCOCC2)on1. The molecule has 33 heavy (non-hydrogen) atoms. The number of anilines is 1. The van der Waals surface area contributed by atoms with E-state index in [1.165, 1.54) is 0 Å². The van der Waals surface area contributed by atoms with Crippen molar-refractivity contribution >= 4 is 22.0 Å². The Balaban J connectivity index is 1.48. The maximum atomic E-state index is 11.2. The molecule has 0 amide bonds. The number of nitrogens with zero attached hydrogens (tertiary/aromatic N) is 3. The number of guanidine groups is 1. The van der Waals surface area contributed by atoms with Crippen LogP contribution in [0.2, 0.25) is 0 Å². The fraction of sp³-hybridized carbons (Fsp3) is 0.304. The van der Waals surface area contributed by atoms with Crippen LogP contribution in [0.15, 0.2) is 70.2 Å². The van der Waals surface area contributed by atoms with E-state index in [-0.39, 0.29) is 11.9 Å². The van der Waals surface area contributed by atoms with Crippen LogP contribution in [0.5, 0.6) is 0 Å². The summed E-state index contributed by atoms with van der Waals surface area (Å²) in [5, 5.41) is 7.17. The van der Waals surface area contributed by atoms with Gasteiger partial charge in [-0.2, -0.15) is 8.42 Å². The van der Waals surface area contributed by atoms with E-state index in [0.717, 1.165) is 22.4 Å². The molecule has 2 N–H and O–H groups in total. The minimum absolute atomic E-state index is 0.0179. The average Bonchev–Trinajstić information content (AvgIpc) is 3.30. The number of aliphatic imine (C=N–C) groups is 1. The van der Waals surface area contributed by atoms with Gasteiger partial charge in [-0.1, -0.05) is 66.7 Å². The highest BCUT2D eigenvalue weighted by molar-refractivity contribution is 7.85. The number of nitrogens with one attached hydrogen (secondary N) is 1. The molecule has 4 rings (SSSR count). The van der Waals surface area contributed by atoms with Crippen LogP contribution in [-0.2, 0) is 14.9 Å². The fourth-order valence-electron chi connectivity index (χ4n) is 3.56. The number of morpholine rings is 1. The molecule has 3 aromatic rings. The second-order valence-electron chi connectivity index (χ2n) is 7.74. The van der Waals surface area contributed by atoms with Crippen molar-refractivity contribution < 1.29 is 22.2 Å². The molecule has 0 saturated carbocycles. The van der Waals surface area contributed by atoms with E-state index in [9.17, 15) is 8.42 Å². The Kier molecular flexibility index (Phi) is 7.07. The zero-order valence-electron chi connectivity index (χ0n) is 18.2. The Morgan fingerprint density at radius 2 is 1.79 bits per heavy atom. The van der Waals surface area contributed by atoms with Crippen molar-refractivity contribution in [3.05, 3.63) is 71.9 Å². The van der Waals surface area contributed by atoms with E-state index >= 15 is 0 Å². The summed E-state index contributed by atoms with van der Waals surface area (Å²) in [6, 6.07) is 20.2. The van der Waals surface area contributed by atoms with Gasteiger partial charge < -0.3 is 14.2 Å². The second kappa shape index (κ2) is 10.2. The summed E-state index contributed by atoms with van der Waals surface area (Å²) >= 11 is 0. The lowest BCUT2D eigenvalue weighted by Gasteiger charge is -2.29. The van der Waals surface area contributed by atoms with Crippen LogP contribution in [0.1, 0.15) is 24.1 Å². The molecule has 1 aliphatic heterocycles. The normalized spacial score (nSPS) is 15.9. The fourth-order valence-corrected chi connectivity index (χ4v) is 3.85. The number of benzene rings is 2. The lowest BCUT2D eigenvalue weighted by atomic mass is 9.95.